The number of hydrogen-bond acceptors (Lipinski definition) is 6. The summed E-state index contributed by atoms with van der Waals surface area (Å²) in [4.78, 5) is 26.3. The molecule has 3 aromatic rings. The molecule has 1 aromatic heterocycles. The minimum atomic E-state index is -0.455. The summed E-state index contributed by atoms with van der Waals surface area (Å²) in [7, 11) is 0. The van der Waals surface area contributed by atoms with Crippen molar-refractivity contribution in [3.05, 3.63) is 66.4 Å². The van der Waals surface area contributed by atoms with Crippen LogP contribution in [0.5, 0.6) is 0 Å². The van der Waals surface area contributed by atoms with Crippen molar-refractivity contribution in [2.24, 2.45) is 10.7 Å². The van der Waals surface area contributed by atoms with Crippen molar-refractivity contribution in [1.82, 2.24) is 9.97 Å². The van der Waals surface area contributed by atoms with Gasteiger partial charge in [-0.1, -0.05) is 12.1 Å². The molecular formula is C20H18N6O. The second kappa shape index (κ2) is 7.25. The smallest absolute Gasteiger partial charge is 0.248 e. The molecule has 3 N–H and O–H groups in total. The first-order valence-corrected chi connectivity index (χ1v) is 8.56. The van der Waals surface area contributed by atoms with Gasteiger partial charge in [-0.25, -0.2) is 9.97 Å². The maximum absolute atomic E-state index is 11.1. The van der Waals surface area contributed by atoms with Gasteiger partial charge in [0.1, 0.15) is 0 Å². The summed E-state index contributed by atoms with van der Waals surface area (Å²) in [6.45, 7) is 1.75. The van der Waals surface area contributed by atoms with Gasteiger partial charge in [0, 0.05) is 35.2 Å². The second-order valence-electron chi connectivity index (χ2n) is 6.09. The third-order valence-corrected chi connectivity index (χ3v) is 4.27. The van der Waals surface area contributed by atoms with Crippen LogP contribution in [-0.2, 0) is 0 Å². The SMILES string of the molecule is NC(=O)c1ccc(Nc2nccc(-c3ccc(N4C=NCC4)cc3)n2)cc1. The Kier molecular flexibility index (Phi) is 4.49. The number of nitrogens with two attached hydrogens (primary N) is 1. The van der Waals surface area contributed by atoms with Crippen LogP contribution in [0.3, 0.4) is 0 Å². The molecule has 1 aliphatic rings. The Bertz CT molecular complexity index is 982. The molecule has 0 radical (unpaired) electrons. The largest absolute Gasteiger partial charge is 0.366 e. The van der Waals surface area contributed by atoms with Crippen molar-refractivity contribution in [3.8, 4) is 11.3 Å². The van der Waals surface area contributed by atoms with Gasteiger partial charge in [0.2, 0.25) is 11.9 Å². The lowest BCUT2D eigenvalue weighted by molar-refractivity contribution is 0.100. The minimum absolute atomic E-state index is 0.455. The van der Waals surface area contributed by atoms with Gasteiger partial charge in [0.05, 0.1) is 18.6 Å². The zero-order valence-corrected chi connectivity index (χ0v) is 14.5. The number of nitrogens with zero attached hydrogens (tertiary/aromatic N) is 4. The van der Waals surface area contributed by atoms with E-state index >= 15 is 0 Å². The molecule has 134 valence electrons. The van der Waals surface area contributed by atoms with Crippen molar-refractivity contribution in [2.45, 2.75) is 0 Å². The highest BCUT2D eigenvalue weighted by molar-refractivity contribution is 5.93. The van der Waals surface area contributed by atoms with E-state index in [1.807, 2.05) is 24.5 Å². The molecule has 0 bridgehead atoms. The van der Waals surface area contributed by atoms with Crippen LogP contribution in [0.2, 0.25) is 0 Å². The molecule has 0 spiro atoms. The standard InChI is InChI=1S/C20H18N6O/c21-19(27)15-1-5-16(6-2-15)24-20-23-10-9-18(25-20)14-3-7-17(8-4-14)26-12-11-22-13-26/h1-10,13H,11-12H2,(H2,21,27)(H,23,24,25). The quantitative estimate of drug-likeness (QED) is 0.731. The highest BCUT2D eigenvalue weighted by atomic mass is 16.1. The summed E-state index contributed by atoms with van der Waals surface area (Å²) in [5, 5.41) is 3.14. The van der Waals surface area contributed by atoms with Crippen LogP contribution in [0.4, 0.5) is 17.3 Å². The zero-order chi connectivity index (χ0) is 18.6. The minimum Gasteiger partial charge on any atom is -0.366 e. The van der Waals surface area contributed by atoms with Gasteiger partial charge < -0.3 is 16.0 Å². The molecule has 2 aromatic carbocycles. The van der Waals surface area contributed by atoms with E-state index in [0.717, 1.165) is 35.7 Å². The molecule has 0 atom stereocenters. The third-order valence-electron chi connectivity index (χ3n) is 4.27. The van der Waals surface area contributed by atoms with Gasteiger partial charge in [-0.2, -0.15) is 0 Å². The van der Waals surface area contributed by atoms with E-state index in [1.54, 1.807) is 30.5 Å². The van der Waals surface area contributed by atoms with Crippen LogP contribution >= 0.6 is 0 Å². The summed E-state index contributed by atoms with van der Waals surface area (Å²) in [5.41, 5.74) is 9.43. The summed E-state index contributed by atoms with van der Waals surface area (Å²) < 4.78 is 0. The van der Waals surface area contributed by atoms with Crippen molar-refractivity contribution in [1.29, 1.82) is 0 Å². The molecule has 2 heterocycles. The molecule has 0 saturated heterocycles. The fraction of sp³-hybridized carbons (Fsp3) is 0.100. The highest BCUT2D eigenvalue weighted by Crippen LogP contribution is 2.23. The van der Waals surface area contributed by atoms with Crippen LogP contribution in [0.25, 0.3) is 11.3 Å². The fourth-order valence-corrected chi connectivity index (χ4v) is 2.83. The number of aliphatic imine (C=N–C) groups is 1. The van der Waals surface area contributed by atoms with Crippen LogP contribution in [-0.4, -0.2) is 35.3 Å². The maximum Gasteiger partial charge on any atom is 0.248 e. The number of carbonyl (C=O) groups is 1. The molecule has 1 aliphatic heterocycles. The van der Waals surface area contributed by atoms with E-state index in [1.165, 1.54) is 0 Å². The Balaban J connectivity index is 1.51. The zero-order valence-electron chi connectivity index (χ0n) is 14.5. The molecule has 0 aliphatic carbocycles. The van der Waals surface area contributed by atoms with Crippen molar-refractivity contribution in [3.63, 3.8) is 0 Å². The number of primary amides is 1. The number of hydrogen-bond donors (Lipinski definition) is 2. The Hall–Kier alpha value is -3.74. The Morgan fingerprint density at radius 1 is 1.04 bits per heavy atom. The molecule has 7 heteroatoms. The molecule has 0 fully saturated rings. The van der Waals surface area contributed by atoms with Gasteiger partial charge in [0.15, 0.2) is 0 Å². The van der Waals surface area contributed by atoms with Gasteiger partial charge in [-0.3, -0.25) is 9.79 Å². The van der Waals surface area contributed by atoms with Crippen molar-refractivity contribution in [2.75, 3.05) is 23.3 Å². The van der Waals surface area contributed by atoms with E-state index < -0.39 is 5.91 Å². The van der Waals surface area contributed by atoms with Crippen LogP contribution in [0, 0.1) is 0 Å². The van der Waals surface area contributed by atoms with E-state index in [2.05, 4.69) is 37.3 Å². The first kappa shape index (κ1) is 16.7. The number of amides is 1. The van der Waals surface area contributed by atoms with Crippen molar-refractivity contribution >= 4 is 29.6 Å². The summed E-state index contributed by atoms with van der Waals surface area (Å²) in [5.74, 6) is 0.0264. The fourth-order valence-electron chi connectivity index (χ4n) is 2.83. The molecule has 1 amide bonds. The van der Waals surface area contributed by atoms with Crippen LogP contribution in [0.1, 0.15) is 10.4 Å². The number of carbonyl (C=O) groups excluding carboxylic acids is 1. The lowest BCUT2D eigenvalue weighted by Crippen LogP contribution is -2.17. The van der Waals surface area contributed by atoms with Gasteiger partial charge in [-0.05, 0) is 42.5 Å². The number of aromatic nitrogens is 2. The first-order valence-electron chi connectivity index (χ1n) is 8.56. The molecule has 7 nitrogen and oxygen atoms in total. The van der Waals surface area contributed by atoms with Crippen molar-refractivity contribution < 1.29 is 4.79 Å². The summed E-state index contributed by atoms with van der Waals surface area (Å²) in [6, 6.07) is 16.9. The highest BCUT2D eigenvalue weighted by Gasteiger charge is 2.09. The predicted octanol–water partition coefficient (Wildman–Crippen LogP) is 2.83. The molecular weight excluding hydrogens is 340 g/mol. The van der Waals surface area contributed by atoms with Crippen LogP contribution in [0.15, 0.2) is 65.8 Å². The lowest BCUT2D eigenvalue weighted by atomic mass is 10.1. The number of nitrogens with one attached hydrogen (secondary N) is 1. The Morgan fingerprint density at radius 3 is 2.48 bits per heavy atom. The molecule has 0 unspecified atom stereocenters. The van der Waals surface area contributed by atoms with E-state index in [0.29, 0.717) is 11.5 Å². The number of anilines is 3. The lowest BCUT2D eigenvalue weighted by Gasteiger charge is -2.14. The van der Waals surface area contributed by atoms with Gasteiger partial charge in [0.25, 0.3) is 0 Å². The van der Waals surface area contributed by atoms with E-state index in [9.17, 15) is 4.79 Å². The van der Waals surface area contributed by atoms with E-state index in [4.69, 9.17) is 5.73 Å². The second-order valence-corrected chi connectivity index (χ2v) is 6.09. The first-order chi connectivity index (χ1) is 13.2. The van der Waals surface area contributed by atoms with Gasteiger partial charge >= 0.3 is 0 Å². The normalized spacial score (nSPS) is 13.0. The summed E-state index contributed by atoms with van der Waals surface area (Å²) in [6.07, 6.45) is 3.58. The van der Waals surface area contributed by atoms with Crippen LogP contribution < -0.4 is 16.0 Å². The Labute approximate surface area is 156 Å². The molecule has 0 saturated carbocycles. The molecule has 4 rings (SSSR count). The number of benzene rings is 2. The van der Waals surface area contributed by atoms with E-state index in [-0.39, 0.29) is 0 Å². The third kappa shape index (κ3) is 3.77. The number of rotatable bonds is 5. The van der Waals surface area contributed by atoms with Gasteiger partial charge in [-0.15, -0.1) is 0 Å². The predicted molar refractivity (Wildman–Crippen MR) is 106 cm³/mol. The Morgan fingerprint density at radius 2 is 1.81 bits per heavy atom. The maximum atomic E-state index is 11.1. The average molecular weight is 358 g/mol. The average Bonchev–Trinajstić information content (AvgIpc) is 3.24. The topological polar surface area (TPSA) is 96.5 Å². The monoisotopic (exact) mass is 358 g/mol. The molecule has 27 heavy (non-hydrogen) atoms. The summed E-state index contributed by atoms with van der Waals surface area (Å²) >= 11 is 0.